The average Bonchev–Trinajstić information content (AvgIpc) is 3.06. The lowest BCUT2D eigenvalue weighted by molar-refractivity contribution is -0.120. The molecule has 0 radical (unpaired) electrons. The smallest absolute Gasteiger partial charge is 0.282 e. The molecule has 3 aromatic carbocycles. The molecule has 3 aromatic rings. The van der Waals surface area contributed by atoms with E-state index >= 15 is 0 Å². The summed E-state index contributed by atoms with van der Waals surface area (Å²) in [5, 5.41) is 3.08. The number of carbonyl (C=O) groups excluding carboxylic acids is 2. The van der Waals surface area contributed by atoms with Crippen molar-refractivity contribution in [2.75, 3.05) is 23.4 Å². The number of nitrogens with one attached hydrogen (secondary N) is 1. The molecule has 1 aliphatic rings. The fourth-order valence-electron chi connectivity index (χ4n) is 3.61. The molecule has 1 aliphatic heterocycles. The summed E-state index contributed by atoms with van der Waals surface area (Å²) in [6, 6.07) is 19.4. The average molecular weight is 446 g/mol. The number of rotatable bonds is 8. The van der Waals surface area contributed by atoms with E-state index in [-0.39, 0.29) is 11.3 Å². The lowest BCUT2D eigenvalue weighted by Crippen LogP contribution is -2.32. The van der Waals surface area contributed by atoms with Gasteiger partial charge in [-0.15, -0.1) is 0 Å². The second-order valence-electron chi connectivity index (χ2n) is 7.19. The zero-order valence-corrected chi connectivity index (χ0v) is 18.3. The number of ether oxygens (including phenoxy) is 2. The van der Waals surface area contributed by atoms with Crippen LogP contribution in [0.1, 0.15) is 19.4 Å². The van der Waals surface area contributed by atoms with Gasteiger partial charge in [0.15, 0.2) is 0 Å². The number of hydrogen-bond donors (Lipinski definition) is 1. The Hall–Kier alpha value is -4.13. The van der Waals surface area contributed by atoms with Crippen molar-refractivity contribution in [1.29, 1.82) is 0 Å². The van der Waals surface area contributed by atoms with Crippen LogP contribution in [-0.4, -0.2) is 25.0 Å². The van der Waals surface area contributed by atoms with Gasteiger partial charge in [-0.2, -0.15) is 0 Å². The van der Waals surface area contributed by atoms with Gasteiger partial charge in [0.2, 0.25) is 0 Å². The molecule has 1 heterocycles. The summed E-state index contributed by atoms with van der Waals surface area (Å²) < 4.78 is 24.7. The molecule has 0 saturated heterocycles. The van der Waals surface area contributed by atoms with Crippen LogP contribution >= 0.6 is 0 Å². The molecule has 33 heavy (non-hydrogen) atoms. The lowest BCUT2D eigenvalue weighted by atomic mass is 10.0. The second kappa shape index (κ2) is 9.56. The van der Waals surface area contributed by atoms with Crippen LogP contribution < -0.4 is 19.7 Å². The molecule has 0 bridgehead atoms. The van der Waals surface area contributed by atoms with Crippen molar-refractivity contribution in [2.24, 2.45) is 0 Å². The minimum absolute atomic E-state index is 0.0991. The molecule has 0 aliphatic carbocycles. The van der Waals surface area contributed by atoms with Crippen molar-refractivity contribution in [2.45, 2.75) is 13.8 Å². The number of amides is 2. The molecule has 7 heteroatoms. The van der Waals surface area contributed by atoms with Crippen molar-refractivity contribution in [3.8, 4) is 11.5 Å². The van der Waals surface area contributed by atoms with Crippen LogP contribution in [0.25, 0.3) is 5.57 Å². The van der Waals surface area contributed by atoms with Crippen LogP contribution in [-0.2, 0) is 9.59 Å². The van der Waals surface area contributed by atoms with Gasteiger partial charge in [0.25, 0.3) is 11.8 Å². The maximum atomic E-state index is 13.5. The van der Waals surface area contributed by atoms with Gasteiger partial charge in [-0.1, -0.05) is 24.3 Å². The Morgan fingerprint density at radius 1 is 0.818 bits per heavy atom. The first-order valence-corrected chi connectivity index (χ1v) is 10.6. The Balaban J connectivity index is 1.77. The molecule has 0 fully saturated rings. The number of para-hydroxylation sites is 2. The maximum Gasteiger partial charge on any atom is 0.282 e. The zero-order valence-electron chi connectivity index (χ0n) is 18.3. The van der Waals surface area contributed by atoms with Gasteiger partial charge in [-0.05, 0) is 67.9 Å². The van der Waals surface area contributed by atoms with Crippen molar-refractivity contribution in [3.63, 3.8) is 0 Å². The standard InChI is InChI=1S/C26H23FN2O4/c1-3-32-20-15-13-19(14-16-20)28-24-23(17-9-11-18(27)12-10-17)25(30)29(26(24)31)21-7-5-6-8-22(21)33-4-2/h5-16,28H,3-4H2,1-2H3. The monoisotopic (exact) mass is 446 g/mol. The van der Waals surface area contributed by atoms with Crippen molar-refractivity contribution in [1.82, 2.24) is 0 Å². The molecular weight excluding hydrogens is 423 g/mol. The van der Waals surface area contributed by atoms with Gasteiger partial charge in [0.05, 0.1) is 24.5 Å². The van der Waals surface area contributed by atoms with E-state index in [1.54, 1.807) is 48.5 Å². The first-order valence-electron chi connectivity index (χ1n) is 10.6. The van der Waals surface area contributed by atoms with Crippen molar-refractivity contribution < 1.29 is 23.5 Å². The Morgan fingerprint density at radius 3 is 2.15 bits per heavy atom. The third-order valence-corrected chi connectivity index (χ3v) is 5.06. The summed E-state index contributed by atoms with van der Waals surface area (Å²) in [6.07, 6.45) is 0. The molecule has 1 N–H and O–H groups in total. The van der Waals surface area contributed by atoms with E-state index in [1.807, 2.05) is 13.8 Å². The van der Waals surface area contributed by atoms with Crippen LogP contribution in [0, 0.1) is 5.82 Å². The van der Waals surface area contributed by atoms with Crippen molar-refractivity contribution >= 4 is 28.8 Å². The molecular formula is C26H23FN2O4. The SMILES string of the molecule is CCOc1ccc(NC2=C(c3ccc(F)cc3)C(=O)N(c3ccccc3OCC)C2=O)cc1. The van der Waals surface area contributed by atoms with Gasteiger partial charge >= 0.3 is 0 Å². The van der Waals surface area contributed by atoms with Gasteiger partial charge in [0.1, 0.15) is 23.0 Å². The number of imide groups is 1. The summed E-state index contributed by atoms with van der Waals surface area (Å²) in [6.45, 7) is 4.63. The highest BCUT2D eigenvalue weighted by Crippen LogP contribution is 2.38. The number of benzene rings is 3. The Kier molecular flexibility index (Phi) is 6.40. The summed E-state index contributed by atoms with van der Waals surface area (Å²) in [7, 11) is 0. The summed E-state index contributed by atoms with van der Waals surface area (Å²) in [5.74, 6) is -0.373. The molecule has 0 saturated carbocycles. The first-order chi connectivity index (χ1) is 16.0. The Labute approximate surface area is 191 Å². The fraction of sp³-hybridized carbons (Fsp3) is 0.154. The van der Waals surface area contributed by atoms with Gasteiger partial charge in [-0.3, -0.25) is 9.59 Å². The minimum atomic E-state index is -0.527. The van der Waals surface area contributed by atoms with E-state index in [0.717, 1.165) is 4.90 Å². The molecule has 2 amide bonds. The van der Waals surface area contributed by atoms with E-state index in [0.29, 0.717) is 41.7 Å². The van der Waals surface area contributed by atoms with Gasteiger partial charge in [-0.25, -0.2) is 9.29 Å². The quantitative estimate of drug-likeness (QED) is 0.492. The van der Waals surface area contributed by atoms with E-state index in [2.05, 4.69) is 5.32 Å². The van der Waals surface area contributed by atoms with Gasteiger partial charge in [0, 0.05) is 5.69 Å². The van der Waals surface area contributed by atoms with Crippen LogP contribution in [0.5, 0.6) is 11.5 Å². The number of carbonyl (C=O) groups is 2. The fourth-order valence-corrected chi connectivity index (χ4v) is 3.61. The second-order valence-corrected chi connectivity index (χ2v) is 7.19. The minimum Gasteiger partial charge on any atom is -0.494 e. The van der Waals surface area contributed by atoms with Crippen LogP contribution in [0.15, 0.2) is 78.5 Å². The highest BCUT2D eigenvalue weighted by molar-refractivity contribution is 6.46. The van der Waals surface area contributed by atoms with E-state index in [9.17, 15) is 14.0 Å². The normalized spacial score (nSPS) is 13.5. The van der Waals surface area contributed by atoms with Crippen LogP contribution in [0.4, 0.5) is 15.8 Å². The molecule has 0 atom stereocenters. The number of nitrogens with zero attached hydrogens (tertiary/aromatic N) is 1. The summed E-state index contributed by atoms with van der Waals surface area (Å²) in [5.41, 5.74) is 1.63. The summed E-state index contributed by atoms with van der Waals surface area (Å²) >= 11 is 0. The van der Waals surface area contributed by atoms with E-state index in [1.165, 1.54) is 24.3 Å². The molecule has 168 valence electrons. The van der Waals surface area contributed by atoms with Gasteiger partial charge < -0.3 is 14.8 Å². The lowest BCUT2D eigenvalue weighted by Gasteiger charge is -2.19. The molecule has 0 spiro atoms. The number of hydrogen-bond acceptors (Lipinski definition) is 5. The van der Waals surface area contributed by atoms with Crippen LogP contribution in [0.3, 0.4) is 0 Å². The molecule has 0 aromatic heterocycles. The molecule has 4 rings (SSSR count). The third kappa shape index (κ3) is 4.43. The number of halogens is 1. The predicted octanol–water partition coefficient (Wildman–Crippen LogP) is 5.02. The maximum absolute atomic E-state index is 13.5. The first kappa shape index (κ1) is 22.1. The topological polar surface area (TPSA) is 67.9 Å². The van der Waals surface area contributed by atoms with Crippen molar-refractivity contribution in [3.05, 3.63) is 89.9 Å². The van der Waals surface area contributed by atoms with E-state index < -0.39 is 17.6 Å². The molecule has 0 unspecified atom stereocenters. The molecule has 6 nitrogen and oxygen atoms in total. The largest absolute Gasteiger partial charge is 0.494 e. The van der Waals surface area contributed by atoms with Crippen LogP contribution in [0.2, 0.25) is 0 Å². The highest BCUT2D eigenvalue weighted by atomic mass is 19.1. The highest BCUT2D eigenvalue weighted by Gasteiger charge is 2.41. The van der Waals surface area contributed by atoms with E-state index in [4.69, 9.17) is 9.47 Å². The number of anilines is 2. The predicted molar refractivity (Wildman–Crippen MR) is 125 cm³/mol. The Morgan fingerprint density at radius 2 is 1.48 bits per heavy atom. The third-order valence-electron chi connectivity index (χ3n) is 5.06. The summed E-state index contributed by atoms with van der Waals surface area (Å²) in [4.78, 5) is 28.1. The zero-order chi connectivity index (χ0) is 23.4. The Bertz CT molecular complexity index is 1200.